The van der Waals surface area contributed by atoms with Crippen LogP contribution in [-0.2, 0) is 12.8 Å². The first-order chi connectivity index (χ1) is 10.1. The van der Waals surface area contributed by atoms with Crippen molar-refractivity contribution in [1.82, 2.24) is 0 Å². The van der Waals surface area contributed by atoms with Crippen molar-refractivity contribution in [3.8, 4) is 0 Å². The summed E-state index contributed by atoms with van der Waals surface area (Å²) in [7, 11) is 0. The topological polar surface area (TPSA) is 0 Å². The maximum Gasteiger partial charge on any atom is 0.129 e. The van der Waals surface area contributed by atoms with E-state index in [0.29, 0.717) is 12.0 Å². The van der Waals surface area contributed by atoms with Crippen molar-refractivity contribution in [2.45, 2.75) is 40.5 Å². The number of halogens is 3. The van der Waals surface area contributed by atoms with Crippen molar-refractivity contribution in [3.05, 3.63) is 71.0 Å². The Balaban J connectivity index is 0.000000342. The van der Waals surface area contributed by atoms with Gasteiger partial charge in [0, 0.05) is 6.07 Å². The molecule has 0 radical (unpaired) electrons. The first kappa shape index (κ1) is 19.2. The van der Waals surface area contributed by atoms with E-state index in [-0.39, 0.29) is 5.82 Å². The molecule has 0 unspecified atom stereocenters. The van der Waals surface area contributed by atoms with Crippen LogP contribution in [-0.4, -0.2) is 0 Å². The molecule has 0 aromatic heterocycles. The van der Waals surface area contributed by atoms with Gasteiger partial charge >= 0.3 is 0 Å². The van der Waals surface area contributed by atoms with Gasteiger partial charge in [-0.25, -0.2) is 13.2 Å². The van der Waals surface area contributed by atoms with E-state index in [2.05, 4.69) is 0 Å². The summed E-state index contributed by atoms with van der Waals surface area (Å²) in [6.07, 6.45) is 1.37. The molecule has 0 N–H and O–H groups in total. The van der Waals surface area contributed by atoms with Gasteiger partial charge in [-0.1, -0.05) is 52.0 Å². The van der Waals surface area contributed by atoms with E-state index in [0.717, 1.165) is 18.1 Å². The van der Waals surface area contributed by atoms with Crippen molar-refractivity contribution >= 4 is 0 Å². The standard InChI is InChI=1S/C8H8F2.C8H9F.C2H6/c1-2-6-3-4-7(9)5-8(6)10;1-2-7-5-3-4-6-8(7)9;1-2/h3-5H,2H2,1H3;3-6H,2H2,1H3;1-2H3. The zero-order valence-corrected chi connectivity index (χ0v) is 13.1. The molecule has 0 aliphatic rings. The molecule has 0 atom stereocenters. The summed E-state index contributed by atoms with van der Waals surface area (Å²) in [6.45, 7) is 7.77. The number of rotatable bonds is 2. The van der Waals surface area contributed by atoms with Crippen LogP contribution < -0.4 is 0 Å². The normalized spacial score (nSPS) is 9.10. The highest BCUT2D eigenvalue weighted by molar-refractivity contribution is 5.18. The Morgan fingerprint density at radius 1 is 0.714 bits per heavy atom. The van der Waals surface area contributed by atoms with Crippen LogP contribution in [0.2, 0.25) is 0 Å². The highest BCUT2D eigenvalue weighted by Crippen LogP contribution is 2.09. The highest BCUT2D eigenvalue weighted by atomic mass is 19.1. The van der Waals surface area contributed by atoms with Crippen LogP contribution in [0.1, 0.15) is 38.8 Å². The summed E-state index contributed by atoms with van der Waals surface area (Å²) in [5.74, 6) is -1.07. The molecule has 2 rings (SSSR count). The molecule has 0 amide bonds. The van der Waals surface area contributed by atoms with Gasteiger partial charge in [0.25, 0.3) is 0 Å². The monoisotopic (exact) mass is 296 g/mol. The van der Waals surface area contributed by atoms with Crippen LogP contribution in [0.15, 0.2) is 42.5 Å². The maximum absolute atomic E-state index is 12.6. The van der Waals surface area contributed by atoms with Gasteiger partial charge in [-0.2, -0.15) is 0 Å². The molecule has 116 valence electrons. The predicted octanol–water partition coefficient (Wildman–Crippen LogP) is 5.94. The lowest BCUT2D eigenvalue weighted by Gasteiger charge is -1.96. The molecule has 0 aliphatic carbocycles. The lowest BCUT2D eigenvalue weighted by molar-refractivity contribution is 0.573. The van der Waals surface area contributed by atoms with E-state index in [1.54, 1.807) is 12.1 Å². The average molecular weight is 296 g/mol. The zero-order chi connectivity index (χ0) is 16.3. The van der Waals surface area contributed by atoms with E-state index in [1.807, 2.05) is 33.8 Å². The fourth-order valence-corrected chi connectivity index (χ4v) is 1.59. The number of benzene rings is 2. The van der Waals surface area contributed by atoms with E-state index in [9.17, 15) is 13.2 Å². The number of hydrogen-bond donors (Lipinski definition) is 0. The van der Waals surface area contributed by atoms with Gasteiger partial charge in [0.15, 0.2) is 0 Å². The summed E-state index contributed by atoms with van der Waals surface area (Å²) in [6, 6.07) is 10.5. The van der Waals surface area contributed by atoms with Crippen molar-refractivity contribution in [2.24, 2.45) is 0 Å². The second-order valence-electron chi connectivity index (χ2n) is 4.03. The Bertz CT molecular complexity index is 522. The number of aryl methyl sites for hydroxylation is 2. The average Bonchev–Trinajstić information content (AvgIpc) is 2.50. The maximum atomic E-state index is 12.6. The Morgan fingerprint density at radius 3 is 1.67 bits per heavy atom. The van der Waals surface area contributed by atoms with Crippen molar-refractivity contribution in [1.29, 1.82) is 0 Å². The van der Waals surface area contributed by atoms with Crippen molar-refractivity contribution in [2.75, 3.05) is 0 Å². The van der Waals surface area contributed by atoms with Gasteiger partial charge in [0.05, 0.1) is 0 Å². The summed E-state index contributed by atoms with van der Waals surface area (Å²) in [5.41, 5.74) is 1.35. The van der Waals surface area contributed by atoms with Crippen LogP contribution in [0.3, 0.4) is 0 Å². The third-order valence-corrected chi connectivity index (χ3v) is 2.73. The minimum absolute atomic E-state index is 0.0972. The minimum Gasteiger partial charge on any atom is -0.207 e. The Kier molecular flexibility index (Phi) is 10.0. The molecule has 0 saturated heterocycles. The van der Waals surface area contributed by atoms with Crippen LogP contribution in [0.4, 0.5) is 13.2 Å². The molecule has 3 heteroatoms. The Morgan fingerprint density at radius 2 is 1.24 bits per heavy atom. The molecule has 21 heavy (non-hydrogen) atoms. The van der Waals surface area contributed by atoms with Crippen LogP contribution >= 0.6 is 0 Å². The van der Waals surface area contributed by atoms with Gasteiger partial charge in [-0.3, -0.25) is 0 Å². The molecular weight excluding hydrogens is 273 g/mol. The van der Waals surface area contributed by atoms with E-state index >= 15 is 0 Å². The first-order valence-corrected chi connectivity index (χ1v) is 7.25. The molecule has 0 bridgehead atoms. The van der Waals surface area contributed by atoms with Gasteiger partial charge in [0.2, 0.25) is 0 Å². The summed E-state index contributed by atoms with van der Waals surface area (Å²) in [5, 5.41) is 0. The molecular formula is C18H23F3. The SMILES string of the molecule is CC.CCc1ccc(F)cc1F.CCc1ccccc1F. The lowest BCUT2D eigenvalue weighted by atomic mass is 10.1. The second kappa shape index (κ2) is 11.0. The molecule has 0 fully saturated rings. The summed E-state index contributed by atoms with van der Waals surface area (Å²) < 4.78 is 37.4. The minimum atomic E-state index is -0.519. The van der Waals surface area contributed by atoms with Crippen LogP contribution in [0.25, 0.3) is 0 Å². The fraction of sp³-hybridized carbons (Fsp3) is 0.333. The third-order valence-electron chi connectivity index (χ3n) is 2.73. The number of hydrogen-bond acceptors (Lipinski definition) is 0. The molecule has 2 aromatic carbocycles. The Hall–Kier alpha value is -1.77. The quantitative estimate of drug-likeness (QED) is 0.643. The Labute approximate surface area is 125 Å². The molecule has 0 nitrogen and oxygen atoms in total. The van der Waals surface area contributed by atoms with Crippen molar-refractivity contribution in [3.63, 3.8) is 0 Å². The smallest absolute Gasteiger partial charge is 0.129 e. The third kappa shape index (κ3) is 6.98. The lowest BCUT2D eigenvalue weighted by Crippen LogP contribution is -1.87. The van der Waals surface area contributed by atoms with E-state index in [1.165, 1.54) is 18.2 Å². The largest absolute Gasteiger partial charge is 0.207 e. The molecule has 0 spiro atoms. The first-order valence-electron chi connectivity index (χ1n) is 7.25. The predicted molar refractivity (Wildman–Crippen MR) is 82.9 cm³/mol. The molecule has 2 aromatic rings. The van der Waals surface area contributed by atoms with Crippen molar-refractivity contribution < 1.29 is 13.2 Å². The zero-order valence-electron chi connectivity index (χ0n) is 13.1. The molecule has 0 heterocycles. The highest BCUT2D eigenvalue weighted by Gasteiger charge is 1.99. The van der Waals surface area contributed by atoms with Gasteiger partial charge in [-0.05, 0) is 36.1 Å². The van der Waals surface area contributed by atoms with Gasteiger partial charge in [0.1, 0.15) is 17.5 Å². The van der Waals surface area contributed by atoms with Crippen LogP contribution in [0, 0.1) is 17.5 Å². The van der Waals surface area contributed by atoms with E-state index < -0.39 is 11.6 Å². The summed E-state index contributed by atoms with van der Waals surface area (Å²) >= 11 is 0. The van der Waals surface area contributed by atoms with Gasteiger partial charge in [-0.15, -0.1) is 0 Å². The van der Waals surface area contributed by atoms with Crippen LogP contribution in [0.5, 0.6) is 0 Å². The molecule has 0 aliphatic heterocycles. The summed E-state index contributed by atoms with van der Waals surface area (Å²) in [4.78, 5) is 0. The second-order valence-corrected chi connectivity index (χ2v) is 4.03. The molecule has 0 saturated carbocycles. The van der Waals surface area contributed by atoms with Gasteiger partial charge < -0.3 is 0 Å². The fourth-order valence-electron chi connectivity index (χ4n) is 1.59. The van der Waals surface area contributed by atoms with E-state index in [4.69, 9.17) is 0 Å².